The van der Waals surface area contributed by atoms with Crippen LogP contribution in [-0.2, 0) is 9.47 Å². The lowest BCUT2D eigenvalue weighted by Crippen LogP contribution is -2.24. The van der Waals surface area contributed by atoms with Gasteiger partial charge in [0.25, 0.3) is 0 Å². The fourth-order valence-corrected chi connectivity index (χ4v) is 0.943. The van der Waals surface area contributed by atoms with E-state index >= 15 is 0 Å². The first-order valence-corrected chi connectivity index (χ1v) is 4.65. The summed E-state index contributed by atoms with van der Waals surface area (Å²) in [5.41, 5.74) is 0. The fraction of sp³-hybridized carbons (Fsp3) is 0.900. The first-order valence-electron chi connectivity index (χ1n) is 4.65. The molecule has 0 atom stereocenters. The van der Waals surface area contributed by atoms with Gasteiger partial charge in [-0.05, 0) is 34.1 Å². The molecule has 73 valence electrons. The first kappa shape index (κ1) is 11.9. The van der Waals surface area contributed by atoms with Gasteiger partial charge in [0.2, 0.25) is 0 Å². The van der Waals surface area contributed by atoms with Gasteiger partial charge in [0, 0.05) is 6.42 Å². The van der Waals surface area contributed by atoms with Crippen LogP contribution in [0.4, 0.5) is 0 Å². The van der Waals surface area contributed by atoms with Gasteiger partial charge >= 0.3 is 0 Å². The monoisotopic (exact) mass is 173 g/mol. The Morgan fingerprint density at radius 1 is 1.00 bits per heavy atom. The topological polar surface area (TPSA) is 18.5 Å². The molecule has 0 bridgehead atoms. The summed E-state index contributed by atoms with van der Waals surface area (Å²) >= 11 is 0. The molecule has 0 spiro atoms. The maximum absolute atomic E-state index is 5.55. The van der Waals surface area contributed by atoms with Gasteiger partial charge in [-0.25, -0.2) is 0 Å². The Bertz CT molecular complexity index is 90.0. The Labute approximate surface area is 76.3 Å². The van der Waals surface area contributed by atoms with Crippen molar-refractivity contribution in [3.63, 3.8) is 0 Å². The van der Waals surface area contributed by atoms with E-state index < -0.39 is 0 Å². The van der Waals surface area contributed by atoms with Crippen LogP contribution in [0.3, 0.4) is 0 Å². The lowest BCUT2D eigenvalue weighted by Gasteiger charge is -2.22. The molecular weight excluding hydrogens is 152 g/mol. The highest BCUT2D eigenvalue weighted by Gasteiger charge is 2.11. The van der Waals surface area contributed by atoms with Gasteiger partial charge in [0.1, 0.15) is 0 Å². The molecule has 0 aliphatic heterocycles. The van der Waals surface area contributed by atoms with Crippen LogP contribution in [0, 0.1) is 6.42 Å². The normalized spacial score (nSPS) is 12.0. The average Bonchev–Trinajstić information content (AvgIpc) is 1.84. The third-order valence-electron chi connectivity index (χ3n) is 1.28. The largest absolute Gasteiger partial charge is 0.350 e. The number of hydrogen-bond donors (Lipinski definition) is 0. The molecule has 0 saturated heterocycles. The zero-order valence-corrected chi connectivity index (χ0v) is 8.83. The van der Waals surface area contributed by atoms with Crippen molar-refractivity contribution in [2.45, 2.75) is 59.5 Å². The summed E-state index contributed by atoms with van der Waals surface area (Å²) in [5.74, 6) is 0. The van der Waals surface area contributed by atoms with Crippen LogP contribution in [0.1, 0.15) is 41.0 Å². The minimum atomic E-state index is -0.0741. The summed E-state index contributed by atoms with van der Waals surface area (Å²) in [4.78, 5) is 0. The van der Waals surface area contributed by atoms with E-state index in [0.29, 0.717) is 0 Å². The SMILES string of the molecule is C[CH]CC(OC(C)C)OC(C)C. The Morgan fingerprint density at radius 3 is 1.67 bits per heavy atom. The molecule has 2 nitrogen and oxygen atoms in total. The van der Waals surface area contributed by atoms with E-state index in [-0.39, 0.29) is 18.5 Å². The van der Waals surface area contributed by atoms with Gasteiger partial charge in [-0.15, -0.1) is 0 Å². The predicted octanol–water partition coefficient (Wildman–Crippen LogP) is 2.78. The molecule has 0 aromatic rings. The summed E-state index contributed by atoms with van der Waals surface area (Å²) in [6, 6.07) is 0. The van der Waals surface area contributed by atoms with Crippen molar-refractivity contribution < 1.29 is 9.47 Å². The molecule has 0 amide bonds. The molecule has 0 N–H and O–H groups in total. The van der Waals surface area contributed by atoms with E-state index in [2.05, 4.69) is 6.42 Å². The van der Waals surface area contributed by atoms with Crippen LogP contribution in [0.15, 0.2) is 0 Å². The average molecular weight is 173 g/mol. The van der Waals surface area contributed by atoms with Crippen molar-refractivity contribution in [3.8, 4) is 0 Å². The second-order valence-electron chi connectivity index (χ2n) is 3.44. The molecule has 0 unspecified atom stereocenters. The van der Waals surface area contributed by atoms with Crippen LogP contribution in [0.25, 0.3) is 0 Å². The lowest BCUT2D eigenvalue weighted by molar-refractivity contribution is -0.179. The third-order valence-corrected chi connectivity index (χ3v) is 1.28. The van der Waals surface area contributed by atoms with Crippen LogP contribution in [0.5, 0.6) is 0 Å². The molecule has 0 rings (SSSR count). The number of rotatable bonds is 6. The molecule has 0 saturated carbocycles. The summed E-state index contributed by atoms with van der Waals surface area (Å²) in [6.07, 6.45) is 3.31. The number of hydrogen-bond acceptors (Lipinski definition) is 2. The van der Waals surface area contributed by atoms with E-state index in [9.17, 15) is 0 Å². The smallest absolute Gasteiger partial charge is 0.158 e. The summed E-state index contributed by atoms with van der Waals surface area (Å²) in [7, 11) is 0. The molecule has 12 heavy (non-hydrogen) atoms. The second kappa shape index (κ2) is 6.44. The van der Waals surface area contributed by atoms with E-state index in [1.54, 1.807) is 0 Å². The van der Waals surface area contributed by atoms with Crippen molar-refractivity contribution >= 4 is 0 Å². The lowest BCUT2D eigenvalue weighted by atomic mass is 10.3. The summed E-state index contributed by atoms with van der Waals surface area (Å²) in [5, 5.41) is 0. The maximum atomic E-state index is 5.55. The van der Waals surface area contributed by atoms with Gasteiger partial charge in [-0.3, -0.25) is 0 Å². The molecule has 0 aromatic carbocycles. The van der Waals surface area contributed by atoms with Gasteiger partial charge in [0.05, 0.1) is 12.2 Å². The number of ether oxygens (including phenoxy) is 2. The zero-order chi connectivity index (χ0) is 9.56. The van der Waals surface area contributed by atoms with Gasteiger partial charge in [-0.1, -0.05) is 6.92 Å². The summed E-state index contributed by atoms with van der Waals surface area (Å²) < 4.78 is 11.1. The highest BCUT2D eigenvalue weighted by Crippen LogP contribution is 2.08. The third kappa shape index (κ3) is 6.62. The Kier molecular flexibility index (Phi) is 6.39. The molecule has 2 heteroatoms. The molecule has 1 radical (unpaired) electrons. The quantitative estimate of drug-likeness (QED) is 0.575. The second-order valence-corrected chi connectivity index (χ2v) is 3.44. The molecule has 0 aliphatic carbocycles. The predicted molar refractivity (Wildman–Crippen MR) is 50.8 cm³/mol. The van der Waals surface area contributed by atoms with Crippen molar-refractivity contribution in [3.05, 3.63) is 6.42 Å². The van der Waals surface area contributed by atoms with Gasteiger partial charge in [0.15, 0.2) is 6.29 Å². The van der Waals surface area contributed by atoms with E-state index in [0.717, 1.165) is 6.42 Å². The van der Waals surface area contributed by atoms with Gasteiger partial charge < -0.3 is 9.47 Å². The molecular formula is C10H21O2. The molecule has 0 fully saturated rings. The highest BCUT2D eigenvalue weighted by molar-refractivity contribution is 4.61. The maximum Gasteiger partial charge on any atom is 0.158 e. The van der Waals surface area contributed by atoms with Gasteiger partial charge in [-0.2, -0.15) is 0 Å². The van der Waals surface area contributed by atoms with Crippen LogP contribution < -0.4 is 0 Å². The van der Waals surface area contributed by atoms with Crippen molar-refractivity contribution in [1.82, 2.24) is 0 Å². The van der Waals surface area contributed by atoms with E-state index in [1.165, 1.54) is 0 Å². The standard InChI is InChI=1S/C10H21O2/c1-6-7-10(11-8(2)3)12-9(4)5/h6,8-10H,7H2,1-5H3. The minimum absolute atomic E-state index is 0.0741. The molecule has 0 heterocycles. The Hall–Kier alpha value is -0.0800. The highest BCUT2D eigenvalue weighted by atomic mass is 16.7. The van der Waals surface area contributed by atoms with Crippen LogP contribution >= 0.6 is 0 Å². The van der Waals surface area contributed by atoms with E-state index in [4.69, 9.17) is 9.47 Å². The minimum Gasteiger partial charge on any atom is -0.350 e. The van der Waals surface area contributed by atoms with Crippen molar-refractivity contribution in [2.24, 2.45) is 0 Å². The van der Waals surface area contributed by atoms with Crippen molar-refractivity contribution in [2.75, 3.05) is 0 Å². The zero-order valence-electron chi connectivity index (χ0n) is 8.83. The summed E-state index contributed by atoms with van der Waals surface area (Å²) in [6.45, 7) is 10.1. The van der Waals surface area contributed by atoms with E-state index in [1.807, 2.05) is 34.6 Å². The van der Waals surface area contributed by atoms with Crippen LogP contribution in [-0.4, -0.2) is 18.5 Å². The fourth-order valence-electron chi connectivity index (χ4n) is 0.943. The molecule has 0 aliphatic rings. The molecule has 0 aromatic heterocycles. The first-order chi connectivity index (χ1) is 5.56. The van der Waals surface area contributed by atoms with Crippen LogP contribution in [0.2, 0.25) is 0 Å². The Balaban J connectivity index is 3.69. The van der Waals surface area contributed by atoms with Crippen molar-refractivity contribution in [1.29, 1.82) is 0 Å². The Morgan fingerprint density at radius 2 is 1.42 bits per heavy atom.